The Morgan fingerprint density at radius 2 is 1.63 bits per heavy atom. The number of methoxy groups -OCH3 is 3. The lowest BCUT2D eigenvalue weighted by Gasteiger charge is -2.16. The van der Waals surface area contributed by atoms with Crippen molar-refractivity contribution in [3.05, 3.63) is 17.7 Å². The van der Waals surface area contributed by atoms with Crippen molar-refractivity contribution in [1.29, 1.82) is 0 Å². The molecule has 27 heavy (non-hydrogen) atoms. The summed E-state index contributed by atoms with van der Waals surface area (Å²) in [4.78, 5) is 35.9. The van der Waals surface area contributed by atoms with Gasteiger partial charge in [0.05, 0.1) is 45.2 Å². The minimum atomic E-state index is -0.713. The first-order valence-electron chi connectivity index (χ1n) is 7.92. The molecule has 1 aromatic rings. The van der Waals surface area contributed by atoms with Gasteiger partial charge in [-0.25, -0.2) is 4.79 Å². The van der Waals surface area contributed by atoms with E-state index in [4.69, 9.17) is 19.9 Å². The molecule has 0 unspecified atom stereocenters. The minimum Gasteiger partial charge on any atom is -0.493 e. The van der Waals surface area contributed by atoms with Gasteiger partial charge in [0.25, 0.3) is 0 Å². The van der Waals surface area contributed by atoms with Crippen LogP contribution in [0.1, 0.15) is 24.2 Å². The van der Waals surface area contributed by atoms with E-state index in [1.54, 1.807) is 13.8 Å². The van der Waals surface area contributed by atoms with Crippen molar-refractivity contribution >= 4 is 35.9 Å². The highest BCUT2D eigenvalue weighted by atomic mass is 35.5. The Hall–Kier alpha value is -2.52. The van der Waals surface area contributed by atoms with Crippen LogP contribution in [0.15, 0.2) is 12.1 Å². The first-order chi connectivity index (χ1) is 12.2. The number of anilines is 1. The summed E-state index contributed by atoms with van der Waals surface area (Å²) < 4.78 is 15.0. The molecule has 10 heteroatoms. The lowest BCUT2D eigenvalue weighted by molar-refractivity contribution is -0.125. The molecule has 0 aliphatic carbocycles. The van der Waals surface area contributed by atoms with Gasteiger partial charge in [0.2, 0.25) is 11.8 Å². The van der Waals surface area contributed by atoms with Gasteiger partial charge >= 0.3 is 5.97 Å². The number of hydrogen-bond acceptors (Lipinski definition) is 7. The van der Waals surface area contributed by atoms with Gasteiger partial charge in [-0.2, -0.15) is 0 Å². The molecular weight excluding hydrogens is 378 g/mol. The standard InChI is InChI=1S/C17H25N3O6.ClH/c1-9(2)15(18)16(22)19-8-14(21)20-11-7-13(25-4)12(24-3)6-10(11)17(23)26-5;/h6-7,9,15H,8,18H2,1-5H3,(H,19,22)(H,20,21);1H/t15-;/m0./s1. The van der Waals surface area contributed by atoms with Crippen molar-refractivity contribution in [2.75, 3.05) is 33.2 Å². The Bertz CT molecular complexity index is 681. The number of carbonyl (C=O) groups is 3. The maximum absolute atomic E-state index is 12.1. The molecule has 2 amide bonds. The summed E-state index contributed by atoms with van der Waals surface area (Å²) in [5.74, 6) is -1.06. The van der Waals surface area contributed by atoms with E-state index in [1.807, 2.05) is 0 Å². The number of esters is 1. The number of hydrogen-bond donors (Lipinski definition) is 3. The molecule has 0 spiro atoms. The van der Waals surface area contributed by atoms with E-state index in [0.29, 0.717) is 11.5 Å². The Balaban J connectivity index is 0.00000676. The lowest BCUT2D eigenvalue weighted by atomic mass is 10.1. The van der Waals surface area contributed by atoms with Gasteiger partial charge in [0.1, 0.15) is 0 Å². The van der Waals surface area contributed by atoms with E-state index < -0.39 is 23.8 Å². The van der Waals surface area contributed by atoms with Crippen LogP contribution in [0.4, 0.5) is 5.69 Å². The van der Waals surface area contributed by atoms with Gasteiger partial charge in [0, 0.05) is 12.1 Å². The molecule has 0 fully saturated rings. The van der Waals surface area contributed by atoms with Crippen LogP contribution in [-0.4, -0.2) is 51.7 Å². The lowest BCUT2D eigenvalue weighted by Crippen LogP contribution is -2.46. The van der Waals surface area contributed by atoms with Gasteiger partial charge in [0.15, 0.2) is 11.5 Å². The van der Waals surface area contributed by atoms with E-state index in [1.165, 1.54) is 33.5 Å². The number of halogens is 1. The number of nitrogens with two attached hydrogens (primary N) is 1. The zero-order chi connectivity index (χ0) is 19.9. The monoisotopic (exact) mass is 403 g/mol. The summed E-state index contributed by atoms with van der Waals surface area (Å²) >= 11 is 0. The van der Waals surface area contributed by atoms with Gasteiger partial charge in [-0.05, 0) is 5.92 Å². The van der Waals surface area contributed by atoms with Crippen LogP contribution in [0.5, 0.6) is 11.5 Å². The van der Waals surface area contributed by atoms with E-state index in [2.05, 4.69) is 10.6 Å². The number of carbonyl (C=O) groups excluding carboxylic acids is 3. The van der Waals surface area contributed by atoms with Crippen LogP contribution in [0.3, 0.4) is 0 Å². The zero-order valence-electron chi connectivity index (χ0n) is 16.0. The zero-order valence-corrected chi connectivity index (χ0v) is 16.8. The molecule has 0 bridgehead atoms. The van der Waals surface area contributed by atoms with Crippen molar-refractivity contribution in [3.63, 3.8) is 0 Å². The number of amides is 2. The molecule has 1 atom stereocenters. The Morgan fingerprint density at radius 3 is 2.11 bits per heavy atom. The third kappa shape index (κ3) is 6.61. The van der Waals surface area contributed by atoms with Crippen LogP contribution in [0.2, 0.25) is 0 Å². The Kier molecular flexibility index (Phi) is 10.2. The van der Waals surface area contributed by atoms with Gasteiger partial charge < -0.3 is 30.6 Å². The number of benzene rings is 1. The predicted octanol–water partition coefficient (Wildman–Crippen LogP) is 0.950. The summed E-state index contributed by atoms with van der Waals surface area (Å²) in [6, 6.07) is 2.12. The van der Waals surface area contributed by atoms with E-state index >= 15 is 0 Å². The van der Waals surface area contributed by atoms with E-state index in [0.717, 1.165) is 0 Å². The quantitative estimate of drug-likeness (QED) is 0.551. The van der Waals surface area contributed by atoms with Crippen LogP contribution in [0.25, 0.3) is 0 Å². The fraction of sp³-hybridized carbons (Fsp3) is 0.471. The second-order valence-electron chi connectivity index (χ2n) is 5.78. The number of nitrogens with one attached hydrogen (secondary N) is 2. The van der Waals surface area contributed by atoms with Crippen LogP contribution in [-0.2, 0) is 14.3 Å². The van der Waals surface area contributed by atoms with Crippen LogP contribution in [0, 0.1) is 5.92 Å². The molecule has 0 saturated carbocycles. The molecule has 0 heterocycles. The molecule has 9 nitrogen and oxygen atoms in total. The molecule has 4 N–H and O–H groups in total. The van der Waals surface area contributed by atoms with Crippen molar-refractivity contribution in [1.82, 2.24) is 5.32 Å². The number of rotatable bonds is 8. The smallest absolute Gasteiger partial charge is 0.340 e. The molecule has 0 saturated heterocycles. The maximum Gasteiger partial charge on any atom is 0.340 e. The van der Waals surface area contributed by atoms with Crippen molar-refractivity contribution < 1.29 is 28.6 Å². The van der Waals surface area contributed by atoms with Crippen LogP contribution >= 0.6 is 12.4 Å². The third-order valence-electron chi connectivity index (χ3n) is 3.65. The molecule has 0 aliphatic rings. The summed E-state index contributed by atoms with van der Waals surface area (Å²) in [6.45, 7) is 3.31. The minimum absolute atomic E-state index is 0. The average molecular weight is 404 g/mol. The van der Waals surface area contributed by atoms with E-state index in [-0.39, 0.29) is 36.1 Å². The molecule has 1 rings (SSSR count). The normalized spacial score (nSPS) is 11.1. The Morgan fingerprint density at radius 1 is 1.07 bits per heavy atom. The SMILES string of the molecule is COC(=O)c1cc(OC)c(OC)cc1NC(=O)CNC(=O)[C@@H](N)C(C)C.Cl. The summed E-state index contributed by atoms with van der Waals surface area (Å²) in [5.41, 5.74) is 5.97. The second kappa shape index (κ2) is 11.2. The average Bonchev–Trinajstić information content (AvgIpc) is 2.64. The molecule has 1 aromatic carbocycles. The summed E-state index contributed by atoms with van der Waals surface area (Å²) in [7, 11) is 4.07. The molecule has 0 aromatic heterocycles. The first-order valence-corrected chi connectivity index (χ1v) is 7.92. The van der Waals surface area contributed by atoms with Crippen molar-refractivity contribution in [3.8, 4) is 11.5 Å². The Labute approximate surface area is 164 Å². The summed E-state index contributed by atoms with van der Waals surface area (Å²) in [6.07, 6.45) is 0. The molecular formula is C17H26ClN3O6. The highest BCUT2D eigenvalue weighted by Crippen LogP contribution is 2.33. The second-order valence-corrected chi connectivity index (χ2v) is 5.78. The number of ether oxygens (including phenoxy) is 3. The maximum atomic E-state index is 12.1. The van der Waals surface area contributed by atoms with Gasteiger partial charge in [-0.15, -0.1) is 12.4 Å². The molecule has 152 valence electrons. The highest BCUT2D eigenvalue weighted by Gasteiger charge is 2.21. The van der Waals surface area contributed by atoms with Gasteiger partial charge in [-0.1, -0.05) is 13.8 Å². The molecule has 0 aliphatic heterocycles. The highest BCUT2D eigenvalue weighted by molar-refractivity contribution is 6.03. The third-order valence-corrected chi connectivity index (χ3v) is 3.65. The fourth-order valence-corrected chi connectivity index (χ4v) is 2.04. The predicted molar refractivity (Wildman–Crippen MR) is 103 cm³/mol. The van der Waals surface area contributed by atoms with Crippen molar-refractivity contribution in [2.24, 2.45) is 11.7 Å². The van der Waals surface area contributed by atoms with Crippen LogP contribution < -0.4 is 25.8 Å². The first kappa shape index (κ1) is 24.5. The largest absolute Gasteiger partial charge is 0.493 e. The van der Waals surface area contributed by atoms with Gasteiger partial charge in [-0.3, -0.25) is 9.59 Å². The van der Waals surface area contributed by atoms with E-state index in [9.17, 15) is 14.4 Å². The summed E-state index contributed by atoms with van der Waals surface area (Å²) in [5, 5.41) is 4.99. The topological polar surface area (TPSA) is 129 Å². The fourth-order valence-electron chi connectivity index (χ4n) is 2.04. The van der Waals surface area contributed by atoms with Crippen molar-refractivity contribution in [2.45, 2.75) is 19.9 Å². The molecule has 0 radical (unpaired) electrons.